The van der Waals surface area contributed by atoms with Crippen LogP contribution in [0.15, 0.2) is 60.9 Å². The number of aromatic nitrogens is 1. The first-order chi connectivity index (χ1) is 17.2. The fourth-order valence-corrected chi connectivity index (χ4v) is 4.81. The third kappa shape index (κ3) is 6.10. The molecule has 5 rings (SSSR count). The summed E-state index contributed by atoms with van der Waals surface area (Å²) in [5.74, 6) is 2.07. The number of pyridine rings is 1. The van der Waals surface area contributed by atoms with Crippen LogP contribution in [0.5, 0.6) is 17.2 Å². The van der Waals surface area contributed by atoms with Crippen molar-refractivity contribution in [3.63, 3.8) is 0 Å². The van der Waals surface area contributed by atoms with Gasteiger partial charge in [-0.2, -0.15) is 0 Å². The van der Waals surface area contributed by atoms with E-state index >= 15 is 0 Å². The van der Waals surface area contributed by atoms with Gasteiger partial charge in [0.1, 0.15) is 35.8 Å². The minimum Gasteiger partial charge on any atom is -0.497 e. The van der Waals surface area contributed by atoms with Gasteiger partial charge in [0.2, 0.25) is 0 Å². The van der Waals surface area contributed by atoms with Gasteiger partial charge in [-0.1, -0.05) is 12.1 Å². The van der Waals surface area contributed by atoms with Crippen molar-refractivity contribution in [3.8, 4) is 17.2 Å². The van der Waals surface area contributed by atoms with Gasteiger partial charge < -0.3 is 14.2 Å². The summed E-state index contributed by atoms with van der Waals surface area (Å²) < 4.78 is 31.7. The molecule has 2 aliphatic heterocycles. The van der Waals surface area contributed by atoms with Crippen molar-refractivity contribution in [1.29, 1.82) is 0 Å². The number of halogens is 1. The summed E-state index contributed by atoms with van der Waals surface area (Å²) in [7, 11) is 1.55. The van der Waals surface area contributed by atoms with Crippen LogP contribution in [0.3, 0.4) is 0 Å². The lowest BCUT2D eigenvalue weighted by molar-refractivity contribution is 0.0965. The van der Waals surface area contributed by atoms with Crippen LogP contribution in [-0.4, -0.2) is 54.2 Å². The zero-order valence-electron chi connectivity index (χ0n) is 20.2. The molecule has 0 unspecified atom stereocenters. The van der Waals surface area contributed by atoms with Gasteiger partial charge in [0.25, 0.3) is 0 Å². The lowest BCUT2D eigenvalue weighted by Gasteiger charge is -2.32. The molecule has 0 saturated carbocycles. The summed E-state index contributed by atoms with van der Waals surface area (Å²) in [6.45, 7) is 5.51. The van der Waals surface area contributed by atoms with Crippen molar-refractivity contribution >= 4 is 0 Å². The van der Waals surface area contributed by atoms with E-state index in [9.17, 15) is 4.39 Å². The fourth-order valence-electron chi connectivity index (χ4n) is 4.81. The monoisotopic (exact) mass is 477 g/mol. The average Bonchev–Trinajstić information content (AvgIpc) is 3.08. The van der Waals surface area contributed by atoms with Gasteiger partial charge in [0.05, 0.1) is 13.3 Å². The third-order valence-electron chi connectivity index (χ3n) is 6.72. The Morgan fingerprint density at radius 3 is 2.66 bits per heavy atom. The topological polar surface area (TPSA) is 47.1 Å². The van der Waals surface area contributed by atoms with Crippen molar-refractivity contribution in [1.82, 2.24) is 14.8 Å². The number of hydrogen-bond acceptors (Lipinski definition) is 6. The molecule has 2 aromatic carbocycles. The number of benzene rings is 2. The number of hydrogen-bond donors (Lipinski definition) is 0. The van der Waals surface area contributed by atoms with E-state index in [1.54, 1.807) is 25.6 Å². The summed E-state index contributed by atoms with van der Waals surface area (Å²) in [4.78, 5) is 8.85. The molecule has 0 amide bonds. The molecule has 3 aromatic rings. The van der Waals surface area contributed by atoms with E-state index in [0.717, 1.165) is 62.6 Å². The maximum absolute atomic E-state index is 14.5. The Balaban J connectivity index is 1.18. The molecule has 35 heavy (non-hydrogen) atoms. The predicted octanol–water partition coefficient (Wildman–Crippen LogP) is 4.67. The maximum Gasteiger partial charge on any atom is 0.137 e. The molecule has 0 radical (unpaired) electrons. The van der Waals surface area contributed by atoms with Gasteiger partial charge in [-0.25, -0.2) is 4.39 Å². The van der Waals surface area contributed by atoms with Crippen LogP contribution in [0.25, 0.3) is 0 Å². The van der Waals surface area contributed by atoms with Crippen LogP contribution in [0.2, 0.25) is 0 Å². The predicted molar refractivity (Wildman–Crippen MR) is 132 cm³/mol. The van der Waals surface area contributed by atoms with Crippen LogP contribution >= 0.6 is 0 Å². The fraction of sp³-hybridized carbons (Fsp3) is 0.393. The Labute approximate surface area is 206 Å². The van der Waals surface area contributed by atoms with E-state index in [-0.39, 0.29) is 11.9 Å². The standard InChI is InChI=1S/C28H32FN3O3/c1-33-25-6-5-22(27(29)16-25)19-32-13-14-34-28-7-4-21(15-23(28)20-32)18-31-11-8-24(9-12-31)35-26-3-2-10-30-17-26/h2-7,10,15-17,24H,8-9,11-14,18-20H2,1H3. The largest absolute Gasteiger partial charge is 0.497 e. The Bertz CT molecular complexity index is 1120. The molecule has 2 aliphatic rings. The summed E-state index contributed by atoms with van der Waals surface area (Å²) in [5.41, 5.74) is 3.10. The minimum absolute atomic E-state index is 0.237. The number of likely N-dealkylation sites (tertiary alicyclic amines) is 1. The zero-order valence-corrected chi connectivity index (χ0v) is 20.2. The molecule has 3 heterocycles. The minimum atomic E-state index is -0.237. The van der Waals surface area contributed by atoms with Crippen molar-refractivity contribution in [3.05, 3.63) is 83.4 Å². The van der Waals surface area contributed by atoms with Crippen LogP contribution in [0.1, 0.15) is 29.5 Å². The molecule has 1 aromatic heterocycles. The van der Waals surface area contributed by atoms with Gasteiger partial charge >= 0.3 is 0 Å². The molecular formula is C28H32FN3O3. The quantitative estimate of drug-likeness (QED) is 0.493. The molecule has 0 bridgehead atoms. The molecule has 0 spiro atoms. The Morgan fingerprint density at radius 1 is 1.00 bits per heavy atom. The molecule has 0 aliphatic carbocycles. The lowest BCUT2D eigenvalue weighted by atomic mass is 10.0. The van der Waals surface area contributed by atoms with Gasteiger partial charge in [0, 0.05) is 62.7 Å². The Morgan fingerprint density at radius 2 is 1.89 bits per heavy atom. The van der Waals surface area contributed by atoms with Gasteiger partial charge in [-0.15, -0.1) is 0 Å². The zero-order chi connectivity index (χ0) is 24.0. The lowest BCUT2D eigenvalue weighted by Crippen LogP contribution is -2.37. The van der Waals surface area contributed by atoms with Crippen LogP contribution < -0.4 is 14.2 Å². The maximum atomic E-state index is 14.5. The molecular weight excluding hydrogens is 445 g/mol. The first-order valence-electron chi connectivity index (χ1n) is 12.2. The average molecular weight is 478 g/mol. The normalized spacial score (nSPS) is 17.3. The van der Waals surface area contributed by atoms with E-state index < -0.39 is 0 Å². The molecule has 184 valence electrons. The van der Waals surface area contributed by atoms with Crippen molar-refractivity contribution < 1.29 is 18.6 Å². The van der Waals surface area contributed by atoms with E-state index in [1.165, 1.54) is 11.6 Å². The number of ether oxygens (including phenoxy) is 3. The van der Waals surface area contributed by atoms with Crippen LogP contribution in [-0.2, 0) is 19.6 Å². The summed E-state index contributed by atoms with van der Waals surface area (Å²) in [6.07, 6.45) is 5.78. The molecule has 6 nitrogen and oxygen atoms in total. The second-order valence-electron chi connectivity index (χ2n) is 9.24. The number of fused-ring (bicyclic) bond motifs is 1. The Hall–Kier alpha value is -3.16. The highest BCUT2D eigenvalue weighted by Crippen LogP contribution is 2.27. The number of nitrogens with zero attached hydrogens (tertiary/aromatic N) is 3. The first-order valence-corrected chi connectivity index (χ1v) is 12.2. The number of piperidine rings is 1. The molecule has 7 heteroatoms. The second-order valence-corrected chi connectivity index (χ2v) is 9.24. The molecule has 1 fully saturated rings. The SMILES string of the molecule is COc1ccc(CN2CCOc3ccc(CN4CCC(Oc5cccnc5)CC4)cc3C2)c(F)c1. The summed E-state index contributed by atoms with van der Waals surface area (Å²) in [5, 5.41) is 0. The van der Waals surface area contributed by atoms with Crippen molar-refractivity contribution in [2.75, 3.05) is 33.4 Å². The third-order valence-corrected chi connectivity index (χ3v) is 6.72. The van der Waals surface area contributed by atoms with Gasteiger partial charge in [0.15, 0.2) is 0 Å². The molecule has 1 saturated heterocycles. The molecule has 0 N–H and O–H groups in total. The van der Waals surface area contributed by atoms with E-state index in [1.807, 2.05) is 18.2 Å². The van der Waals surface area contributed by atoms with Crippen LogP contribution in [0.4, 0.5) is 4.39 Å². The first kappa shape index (κ1) is 23.6. The summed E-state index contributed by atoms with van der Waals surface area (Å²) in [6, 6.07) is 15.4. The Kier molecular flexibility index (Phi) is 7.45. The number of methoxy groups -OCH3 is 1. The van der Waals surface area contributed by atoms with Gasteiger partial charge in [-0.3, -0.25) is 14.8 Å². The van der Waals surface area contributed by atoms with Crippen molar-refractivity contribution in [2.24, 2.45) is 0 Å². The smallest absolute Gasteiger partial charge is 0.137 e. The highest BCUT2D eigenvalue weighted by atomic mass is 19.1. The highest BCUT2D eigenvalue weighted by molar-refractivity contribution is 5.38. The van der Waals surface area contributed by atoms with E-state index in [4.69, 9.17) is 14.2 Å². The number of rotatable bonds is 7. The van der Waals surface area contributed by atoms with E-state index in [2.05, 4.69) is 33.0 Å². The van der Waals surface area contributed by atoms with E-state index in [0.29, 0.717) is 24.5 Å². The highest BCUT2D eigenvalue weighted by Gasteiger charge is 2.22. The van der Waals surface area contributed by atoms with Crippen molar-refractivity contribution in [2.45, 2.75) is 38.6 Å². The van der Waals surface area contributed by atoms with Crippen LogP contribution in [0, 0.1) is 5.82 Å². The molecule has 0 atom stereocenters. The summed E-state index contributed by atoms with van der Waals surface area (Å²) >= 11 is 0. The second kappa shape index (κ2) is 11.1. The van der Waals surface area contributed by atoms with Gasteiger partial charge in [-0.05, 0) is 48.7 Å².